The van der Waals surface area contributed by atoms with Crippen molar-refractivity contribution in [1.29, 1.82) is 0 Å². The maximum Gasteiger partial charge on any atom is 0.359 e. The molecule has 0 fully saturated rings. The lowest BCUT2D eigenvalue weighted by molar-refractivity contribution is 0.0468. The molecule has 168 valence electrons. The maximum absolute atomic E-state index is 12.9. The van der Waals surface area contributed by atoms with E-state index < -0.39 is 12.6 Å². The predicted octanol–water partition coefficient (Wildman–Crippen LogP) is 4.00. The minimum atomic E-state index is -0.752. The van der Waals surface area contributed by atoms with Crippen LogP contribution in [0.3, 0.4) is 0 Å². The molecule has 0 spiro atoms. The highest BCUT2D eigenvalue weighted by Crippen LogP contribution is 2.23. The summed E-state index contributed by atoms with van der Waals surface area (Å²) in [5, 5.41) is 4.82. The van der Waals surface area contributed by atoms with Crippen molar-refractivity contribution in [3.63, 3.8) is 0 Å². The first-order valence-corrected chi connectivity index (χ1v) is 10.6. The molecular weight excluding hydrogens is 418 g/mol. The molecule has 0 unspecified atom stereocenters. The van der Waals surface area contributed by atoms with Crippen LogP contribution in [0.5, 0.6) is 0 Å². The van der Waals surface area contributed by atoms with Crippen molar-refractivity contribution in [3.8, 4) is 5.69 Å². The normalized spacial score (nSPS) is 11.1. The van der Waals surface area contributed by atoms with Crippen molar-refractivity contribution in [2.75, 3.05) is 6.61 Å². The Morgan fingerprint density at radius 3 is 2.33 bits per heavy atom. The highest BCUT2D eigenvalue weighted by atomic mass is 16.5. The van der Waals surface area contributed by atoms with Gasteiger partial charge in [0.15, 0.2) is 12.3 Å². The Morgan fingerprint density at radius 2 is 1.64 bits per heavy atom. The van der Waals surface area contributed by atoms with E-state index in [9.17, 15) is 14.4 Å². The molecule has 2 aromatic heterocycles. The number of Topliss-reactive ketones (excluding diaryl/α,β-unsaturated/α-hetero) is 1. The van der Waals surface area contributed by atoms with E-state index in [0.29, 0.717) is 16.3 Å². The fourth-order valence-corrected chi connectivity index (χ4v) is 4.03. The van der Waals surface area contributed by atoms with Gasteiger partial charge in [0, 0.05) is 35.1 Å². The number of rotatable bonds is 5. The Balaban J connectivity index is 1.59. The van der Waals surface area contributed by atoms with Crippen LogP contribution in [0.15, 0.2) is 53.3 Å². The molecule has 0 aliphatic carbocycles. The number of ether oxygens (including phenoxy) is 1. The average molecular weight is 444 g/mol. The van der Waals surface area contributed by atoms with Gasteiger partial charge in [-0.05, 0) is 63.1 Å². The zero-order chi connectivity index (χ0) is 23.9. The molecule has 33 heavy (non-hydrogen) atoms. The Hall–Kier alpha value is -4.00. The summed E-state index contributed by atoms with van der Waals surface area (Å²) in [5.41, 5.74) is 5.22. The lowest BCUT2D eigenvalue weighted by Gasteiger charge is -2.12. The summed E-state index contributed by atoms with van der Waals surface area (Å²) in [7, 11) is 1.47. The van der Waals surface area contributed by atoms with Gasteiger partial charge in [0.1, 0.15) is 0 Å². The fraction of sp³-hybridized carbons (Fsp3) is 0.231. The molecule has 0 atom stereocenters. The Morgan fingerprint density at radius 1 is 0.939 bits per heavy atom. The molecule has 0 radical (unpaired) electrons. The van der Waals surface area contributed by atoms with Crippen LogP contribution in [0.1, 0.15) is 43.4 Å². The summed E-state index contributed by atoms with van der Waals surface area (Å²) in [6, 6.07) is 14.7. The van der Waals surface area contributed by atoms with Crippen LogP contribution in [0.2, 0.25) is 0 Å². The molecule has 4 rings (SSSR count). The highest BCUT2D eigenvalue weighted by molar-refractivity contribution is 6.04. The second kappa shape index (κ2) is 8.50. The van der Waals surface area contributed by atoms with E-state index in [2.05, 4.69) is 31.1 Å². The van der Waals surface area contributed by atoms with Crippen LogP contribution < -0.4 is 5.56 Å². The average Bonchev–Trinajstić information content (AvgIpc) is 3.10. The van der Waals surface area contributed by atoms with Crippen molar-refractivity contribution in [2.45, 2.75) is 27.7 Å². The monoisotopic (exact) mass is 443 g/mol. The molecule has 0 amide bonds. The first-order valence-electron chi connectivity index (χ1n) is 10.6. The van der Waals surface area contributed by atoms with Crippen LogP contribution >= 0.6 is 0 Å². The lowest BCUT2D eigenvalue weighted by atomic mass is 10.1. The number of carbonyl (C=O) groups is 2. The smallest absolute Gasteiger partial charge is 0.359 e. The predicted molar refractivity (Wildman–Crippen MR) is 126 cm³/mol. The van der Waals surface area contributed by atoms with Gasteiger partial charge in [-0.3, -0.25) is 9.59 Å². The second-order valence-electron chi connectivity index (χ2n) is 8.21. The summed E-state index contributed by atoms with van der Waals surface area (Å²) < 4.78 is 8.43. The zero-order valence-electron chi connectivity index (χ0n) is 19.3. The van der Waals surface area contributed by atoms with Crippen LogP contribution in [-0.2, 0) is 11.8 Å². The Labute approximate surface area is 191 Å². The number of hydrogen-bond acceptors (Lipinski definition) is 5. The quantitative estimate of drug-likeness (QED) is 0.344. The van der Waals surface area contributed by atoms with E-state index in [1.807, 2.05) is 24.5 Å². The summed E-state index contributed by atoms with van der Waals surface area (Å²) in [6.07, 6.45) is 0. The van der Waals surface area contributed by atoms with Crippen molar-refractivity contribution < 1.29 is 14.3 Å². The van der Waals surface area contributed by atoms with E-state index in [0.717, 1.165) is 21.8 Å². The lowest BCUT2D eigenvalue weighted by Crippen LogP contribution is -2.24. The third kappa shape index (κ3) is 3.98. The second-order valence-corrected chi connectivity index (χ2v) is 8.21. The number of aromatic nitrogens is 3. The van der Waals surface area contributed by atoms with E-state index in [4.69, 9.17) is 4.74 Å². The van der Waals surface area contributed by atoms with Gasteiger partial charge >= 0.3 is 5.97 Å². The summed E-state index contributed by atoms with van der Waals surface area (Å²) in [6.45, 7) is 7.50. The molecule has 7 nitrogen and oxygen atoms in total. The Kier molecular flexibility index (Phi) is 5.72. The third-order valence-electron chi connectivity index (χ3n) is 5.96. The molecule has 2 aromatic carbocycles. The maximum atomic E-state index is 12.9. The van der Waals surface area contributed by atoms with Crippen LogP contribution in [0, 0.1) is 27.7 Å². The largest absolute Gasteiger partial charge is 0.452 e. The molecule has 0 aliphatic heterocycles. The minimum absolute atomic E-state index is 0.00102. The van der Waals surface area contributed by atoms with Crippen LogP contribution in [-0.4, -0.2) is 32.7 Å². The van der Waals surface area contributed by atoms with Gasteiger partial charge in [0.2, 0.25) is 5.78 Å². The highest BCUT2D eigenvalue weighted by Gasteiger charge is 2.21. The number of aryl methyl sites for hydroxylation is 4. The molecule has 0 saturated heterocycles. The molecule has 2 heterocycles. The third-order valence-corrected chi connectivity index (χ3v) is 5.96. The number of fused-ring (bicyclic) bond motifs is 1. The van der Waals surface area contributed by atoms with Crippen molar-refractivity contribution in [2.24, 2.45) is 7.05 Å². The fourth-order valence-electron chi connectivity index (χ4n) is 4.03. The number of esters is 1. The van der Waals surface area contributed by atoms with Crippen LogP contribution in [0.25, 0.3) is 16.5 Å². The van der Waals surface area contributed by atoms with E-state index in [1.54, 1.807) is 30.3 Å². The SMILES string of the molecule is Cc1ccc(-n2c(C)cc(C(=O)COC(=O)c3nn(C)c(=O)c4ccccc34)c2C)cc1C. The molecule has 0 aliphatic rings. The number of carbonyl (C=O) groups excluding carboxylic acids is 2. The topological polar surface area (TPSA) is 83.2 Å². The number of benzene rings is 2. The van der Waals surface area contributed by atoms with Gasteiger partial charge in [-0.1, -0.05) is 24.3 Å². The number of hydrogen-bond donors (Lipinski definition) is 0. The van der Waals surface area contributed by atoms with Gasteiger partial charge in [0.25, 0.3) is 5.56 Å². The molecule has 0 saturated carbocycles. The van der Waals surface area contributed by atoms with Crippen molar-refractivity contribution >= 4 is 22.5 Å². The van der Waals surface area contributed by atoms with Gasteiger partial charge in [0.05, 0.1) is 5.39 Å². The van der Waals surface area contributed by atoms with Gasteiger partial charge in [-0.2, -0.15) is 5.10 Å². The van der Waals surface area contributed by atoms with Crippen molar-refractivity contribution in [3.05, 3.63) is 92.7 Å². The van der Waals surface area contributed by atoms with E-state index >= 15 is 0 Å². The molecule has 7 heteroatoms. The molecular formula is C26H25N3O4. The standard InChI is InChI=1S/C26H25N3O4/c1-15-10-11-19(12-16(15)2)29-17(3)13-22(18(29)4)23(30)14-33-26(32)24-20-8-6-7-9-21(20)25(31)28(5)27-24/h6-13H,14H2,1-5H3. The van der Waals surface area contributed by atoms with Gasteiger partial charge in [-0.15, -0.1) is 0 Å². The van der Waals surface area contributed by atoms with E-state index in [1.165, 1.54) is 18.2 Å². The van der Waals surface area contributed by atoms with Gasteiger partial charge in [-0.25, -0.2) is 9.48 Å². The zero-order valence-corrected chi connectivity index (χ0v) is 19.3. The molecule has 4 aromatic rings. The molecule has 0 N–H and O–H groups in total. The number of nitrogens with zero attached hydrogens (tertiary/aromatic N) is 3. The van der Waals surface area contributed by atoms with Crippen LogP contribution in [0.4, 0.5) is 0 Å². The first-order chi connectivity index (χ1) is 15.7. The summed E-state index contributed by atoms with van der Waals surface area (Å²) in [4.78, 5) is 38.0. The first kappa shape index (κ1) is 22.2. The summed E-state index contributed by atoms with van der Waals surface area (Å²) in [5.74, 6) is -1.06. The van der Waals surface area contributed by atoms with Crippen molar-refractivity contribution in [1.82, 2.24) is 14.3 Å². The summed E-state index contributed by atoms with van der Waals surface area (Å²) >= 11 is 0. The molecule has 0 bridgehead atoms. The minimum Gasteiger partial charge on any atom is -0.452 e. The van der Waals surface area contributed by atoms with E-state index in [-0.39, 0.29) is 17.0 Å². The number of ketones is 1. The van der Waals surface area contributed by atoms with Gasteiger partial charge < -0.3 is 9.30 Å². The Bertz CT molecular complexity index is 1480.